The molecule has 0 aliphatic heterocycles. The molecule has 0 aliphatic rings. The van der Waals surface area contributed by atoms with E-state index in [-0.39, 0.29) is 37.0 Å². The lowest BCUT2D eigenvalue weighted by atomic mass is 10.2. The predicted octanol–water partition coefficient (Wildman–Crippen LogP) is 3.62. The van der Waals surface area contributed by atoms with Gasteiger partial charge in [-0.1, -0.05) is 12.1 Å². The quantitative estimate of drug-likeness (QED) is 0.602. The molecule has 3 aromatic rings. The number of methoxy groups -OCH3 is 1. The highest BCUT2D eigenvalue weighted by atomic mass is 16.5. The average molecular weight is 423 g/mol. The third kappa shape index (κ3) is 5.05. The van der Waals surface area contributed by atoms with Crippen LogP contribution < -0.4 is 10.1 Å². The van der Waals surface area contributed by atoms with E-state index in [1.165, 1.54) is 0 Å². The molecule has 1 N–H and O–H groups in total. The lowest BCUT2D eigenvalue weighted by Crippen LogP contribution is -2.44. The molecule has 0 spiro atoms. The Morgan fingerprint density at radius 2 is 1.68 bits per heavy atom. The summed E-state index contributed by atoms with van der Waals surface area (Å²) in [5.41, 5.74) is 2.20. The lowest BCUT2D eigenvalue weighted by molar-refractivity contribution is -0.135. The van der Waals surface area contributed by atoms with Gasteiger partial charge in [-0.15, -0.1) is 0 Å². The SMILES string of the molecule is COc1ccc(C(=O)NCc2nc3ccccc3n2CC(=O)N(C(C)C)C(C)C)cc1. The number of para-hydroxylation sites is 2. The van der Waals surface area contributed by atoms with Crippen LogP contribution in [0.25, 0.3) is 11.0 Å². The minimum Gasteiger partial charge on any atom is -0.497 e. The largest absolute Gasteiger partial charge is 0.497 e. The van der Waals surface area contributed by atoms with Gasteiger partial charge in [-0.05, 0) is 64.1 Å². The zero-order valence-corrected chi connectivity index (χ0v) is 18.8. The fraction of sp³-hybridized carbons (Fsp3) is 0.375. The predicted molar refractivity (Wildman–Crippen MR) is 121 cm³/mol. The monoisotopic (exact) mass is 422 g/mol. The Morgan fingerprint density at radius 1 is 1.03 bits per heavy atom. The van der Waals surface area contributed by atoms with E-state index >= 15 is 0 Å². The van der Waals surface area contributed by atoms with Crippen LogP contribution in [0.2, 0.25) is 0 Å². The highest BCUT2D eigenvalue weighted by Crippen LogP contribution is 2.18. The molecule has 1 heterocycles. The number of nitrogens with one attached hydrogen (secondary N) is 1. The van der Waals surface area contributed by atoms with Gasteiger partial charge in [0.15, 0.2) is 0 Å². The normalized spacial score (nSPS) is 11.2. The summed E-state index contributed by atoms with van der Waals surface area (Å²) in [7, 11) is 1.58. The molecule has 31 heavy (non-hydrogen) atoms. The van der Waals surface area contributed by atoms with Crippen LogP contribution in [0, 0.1) is 0 Å². The van der Waals surface area contributed by atoms with Crippen LogP contribution in [0.3, 0.4) is 0 Å². The van der Waals surface area contributed by atoms with Gasteiger partial charge >= 0.3 is 0 Å². The van der Waals surface area contributed by atoms with Crippen molar-refractivity contribution >= 4 is 22.8 Å². The van der Waals surface area contributed by atoms with Crippen LogP contribution in [0.4, 0.5) is 0 Å². The molecule has 7 heteroatoms. The molecule has 0 fully saturated rings. The number of imidazole rings is 1. The summed E-state index contributed by atoms with van der Waals surface area (Å²) in [6.45, 7) is 8.44. The number of rotatable bonds is 8. The number of benzene rings is 2. The molecule has 0 bridgehead atoms. The number of aromatic nitrogens is 2. The zero-order chi connectivity index (χ0) is 22.5. The molecular formula is C24H30N4O3. The van der Waals surface area contributed by atoms with Crippen molar-refractivity contribution in [3.05, 3.63) is 59.9 Å². The molecule has 0 aliphatic carbocycles. The summed E-state index contributed by atoms with van der Waals surface area (Å²) in [6.07, 6.45) is 0. The van der Waals surface area contributed by atoms with Gasteiger partial charge in [0.25, 0.3) is 5.91 Å². The lowest BCUT2D eigenvalue weighted by Gasteiger charge is -2.31. The summed E-state index contributed by atoms with van der Waals surface area (Å²) < 4.78 is 7.03. The van der Waals surface area contributed by atoms with Crippen molar-refractivity contribution < 1.29 is 14.3 Å². The maximum Gasteiger partial charge on any atom is 0.251 e. The van der Waals surface area contributed by atoms with Crippen LogP contribution in [-0.4, -0.2) is 45.5 Å². The summed E-state index contributed by atoms with van der Waals surface area (Å²) >= 11 is 0. The van der Waals surface area contributed by atoms with E-state index in [0.29, 0.717) is 17.1 Å². The molecule has 0 radical (unpaired) electrons. The van der Waals surface area contributed by atoms with Crippen molar-refractivity contribution in [3.63, 3.8) is 0 Å². The molecule has 0 atom stereocenters. The van der Waals surface area contributed by atoms with Gasteiger partial charge in [-0.3, -0.25) is 9.59 Å². The van der Waals surface area contributed by atoms with Crippen molar-refractivity contribution in [2.75, 3.05) is 7.11 Å². The summed E-state index contributed by atoms with van der Waals surface area (Å²) in [5.74, 6) is 1.15. The Bertz CT molecular complexity index is 1050. The molecule has 2 aromatic carbocycles. The summed E-state index contributed by atoms with van der Waals surface area (Å²) in [4.78, 5) is 32.2. The molecule has 0 unspecified atom stereocenters. The van der Waals surface area contributed by atoms with Crippen molar-refractivity contribution in [1.82, 2.24) is 19.8 Å². The number of fused-ring (bicyclic) bond motifs is 1. The molecule has 0 saturated carbocycles. The standard InChI is InChI=1S/C24H30N4O3/c1-16(2)28(17(3)4)23(29)15-27-21-9-7-6-8-20(21)26-22(27)14-25-24(30)18-10-12-19(31-5)13-11-18/h6-13,16-17H,14-15H2,1-5H3,(H,25,30). The minimum absolute atomic E-state index is 0.0240. The van der Waals surface area contributed by atoms with Crippen LogP contribution in [-0.2, 0) is 17.9 Å². The second kappa shape index (κ2) is 9.64. The maximum atomic E-state index is 13.1. The highest BCUT2D eigenvalue weighted by Gasteiger charge is 2.22. The van der Waals surface area contributed by atoms with Crippen LogP contribution in [0.15, 0.2) is 48.5 Å². The number of carbonyl (C=O) groups excluding carboxylic acids is 2. The first-order valence-electron chi connectivity index (χ1n) is 10.5. The van der Waals surface area contributed by atoms with Gasteiger partial charge in [-0.2, -0.15) is 0 Å². The van der Waals surface area contributed by atoms with Gasteiger partial charge < -0.3 is 19.5 Å². The topological polar surface area (TPSA) is 76.5 Å². The van der Waals surface area contributed by atoms with Crippen molar-refractivity contribution in [3.8, 4) is 5.75 Å². The third-order valence-corrected chi connectivity index (χ3v) is 5.19. The van der Waals surface area contributed by atoms with E-state index in [4.69, 9.17) is 4.74 Å². The number of hydrogen-bond donors (Lipinski definition) is 1. The Kier molecular flexibility index (Phi) is 6.95. The van der Waals surface area contributed by atoms with Gasteiger partial charge in [0.2, 0.25) is 5.91 Å². The molecule has 164 valence electrons. The number of amides is 2. The van der Waals surface area contributed by atoms with E-state index in [9.17, 15) is 9.59 Å². The molecule has 0 saturated heterocycles. The molecular weight excluding hydrogens is 392 g/mol. The van der Waals surface area contributed by atoms with Gasteiger partial charge in [0, 0.05) is 17.6 Å². The number of ether oxygens (including phenoxy) is 1. The minimum atomic E-state index is -0.210. The Labute approximate surface area is 183 Å². The van der Waals surface area contributed by atoms with E-state index in [0.717, 1.165) is 11.0 Å². The molecule has 3 rings (SSSR count). The van der Waals surface area contributed by atoms with Crippen LogP contribution in [0.5, 0.6) is 5.75 Å². The maximum absolute atomic E-state index is 13.1. The van der Waals surface area contributed by atoms with E-state index in [1.807, 2.05) is 61.4 Å². The summed E-state index contributed by atoms with van der Waals surface area (Å²) in [5, 5.41) is 2.91. The Balaban J connectivity index is 1.83. The second-order valence-electron chi connectivity index (χ2n) is 8.00. The smallest absolute Gasteiger partial charge is 0.251 e. The van der Waals surface area contributed by atoms with E-state index < -0.39 is 0 Å². The fourth-order valence-electron chi connectivity index (χ4n) is 3.83. The zero-order valence-electron chi connectivity index (χ0n) is 18.8. The summed E-state index contributed by atoms with van der Waals surface area (Å²) in [6, 6.07) is 14.8. The Hall–Kier alpha value is -3.35. The third-order valence-electron chi connectivity index (χ3n) is 5.19. The van der Waals surface area contributed by atoms with E-state index in [1.54, 1.807) is 31.4 Å². The molecule has 7 nitrogen and oxygen atoms in total. The van der Waals surface area contributed by atoms with Crippen molar-refractivity contribution in [1.29, 1.82) is 0 Å². The van der Waals surface area contributed by atoms with E-state index in [2.05, 4.69) is 10.3 Å². The first-order chi connectivity index (χ1) is 14.8. The Morgan fingerprint density at radius 3 is 2.29 bits per heavy atom. The molecule has 2 amide bonds. The first kappa shape index (κ1) is 22.3. The average Bonchev–Trinajstić information content (AvgIpc) is 3.09. The number of carbonyl (C=O) groups is 2. The highest BCUT2D eigenvalue weighted by molar-refractivity contribution is 5.94. The van der Waals surface area contributed by atoms with Crippen LogP contribution >= 0.6 is 0 Å². The first-order valence-corrected chi connectivity index (χ1v) is 10.5. The van der Waals surface area contributed by atoms with Crippen molar-refractivity contribution in [2.24, 2.45) is 0 Å². The number of hydrogen-bond acceptors (Lipinski definition) is 4. The fourth-order valence-corrected chi connectivity index (χ4v) is 3.83. The van der Waals surface area contributed by atoms with Crippen LogP contribution in [0.1, 0.15) is 43.9 Å². The van der Waals surface area contributed by atoms with Gasteiger partial charge in [0.05, 0.1) is 24.7 Å². The van der Waals surface area contributed by atoms with Gasteiger partial charge in [0.1, 0.15) is 18.1 Å². The number of nitrogens with zero attached hydrogens (tertiary/aromatic N) is 3. The van der Waals surface area contributed by atoms with Gasteiger partial charge in [-0.25, -0.2) is 4.98 Å². The molecule has 1 aromatic heterocycles. The van der Waals surface area contributed by atoms with Crippen molar-refractivity contribution in [2.45, 2.75) is 52.9 Å². The second-order valence-corrected chi connectivity index (χ2v) is 8.00.